The first kappa shape index (κ1) is 10.9. The van der Waals surface area contributed by atoms with Gasteiger partial charge in [-0.1, -0.05) is 0 Å². The summed E-state index contributed by atoms with van der Waals surface area (Å²) in [5.74, 6) is 0. The van der Waals surface area contributed by atoms with Gasteiger partial charge in [-0.3, -0.25) is 0 Å². The van der Waals surface area contributed by atoms with Gasteiger partial charge in [-0.2, -0.15) is 0 Å². The van der Waals surface area contributed by atoms with Crippen molar-refractivity contribution < 1.29 is 15.3 Å². The maximum atomic E-state index is 9.50. The van der Waals surface area contributed by atoms with Crippen molar-refractivity contribution in [1.82, 2.24) is 0 Å². The average molecular weight is 162 g/mol. The predicted octanol–water partition coefficient (Wildman–Crippen LogP) is 0.282. The molecule has 3 heteroatoms. The van der Waals surface area contributed by atoms with E-state index in [9.17, 15) is 5.11 Å². The van der Waals surface area contributed by atoms with Crippen LogP contribution in [0.5, 0.6) is 0 Å². The summed E-state index contributed by atoms with van der Waals surface area (Å²) in [6, 6.07) is 0. The summed E-state index contributed by atoms with van der Waals surface area (Å²) >= 11 is 0. The fourth-order valence-electron chi connectivity index (χ4n) is 0.983. The molecular weight excluding hydrogens is 144 g/mol. The monoisotopic (exact) mass is 162 g/mol. The Morgan fingerprint density at radius 1 is 1.00 bits per heavy atom. The zero-order chi connectivity index (χ0) is 8.74. The van der Waals surface area contributed by atoms with Gasteiger partial charge in [0, 0.05) is 13.2 Å². The molecule has 0 saturated heterocycles. The molecule has 0 aromatic rings. The van der Waals surface area contributed by atoms with Crippen LogP contribution in [0.25, 0.3) is 0 Å². The van der Waals surface area contributed by atoms with E-state index in [1.165, 1.54) is 0 Å². The smallest absolute Gasteiger partial charge is 0.0641 e. The van der Waals surface area contributed by atoms with Crippen molar-refractivity contribution in [2.75, 3.05) is 13.2 Å². The number of unbranched alkanes of at least 4 members (excludes halogenated alkanes) is 1. The molecule has 3 N–H and O–H groups in total. The van der Waals surface area contributed by atoms with Gasteiger partial charge < -0.3 is 15.3 Å². The Morgan fingerprint density at radius 2 is 1.64 bits per heavy atom. The van der Waals surface area contributed by atoms with E-state index in [1.54, 1.807) is 6.92 Å². The van der Waals surface area contributed by atoms with Crippen LogP contribution < -0.4 is 0 Å². The van der Waals surface area contributed by atoms with E-state index in [4.69, 9.17) is 10.2 Å². The molecule has 0 radical (unpaired) electrons. The molecule has 3 nitrogen and oxygen atoms in total. The number of aliphatic hydroxyl groups excluding tert-OH is 2. The zero-order valence-corrected chi connectivity index (χ0v) is 7.08. The van der Waals surface area contributed by atoms with Crippen LogP contribution in [0.3, 0.4) is 0 Å². The third-order valence-corrected chi connectivity index (χ3v) is 1.77. The van der Waals surface area contributed by atoms with Gasteiger partial charge in [0.1, 0.15) is 0 Å². The fraction of sp³-hybridized carbons (Fsp3) is 1.00. The summed E-state index contributed by atoms with van der Waals surface area (Å²) in [5.41, 5.74) is -0.760. The molecule has 0 bridgehead atoms. The van der Waals surface area contributed by atoms with Crippen molar-refractivity contribution in [2.45, 2.75) is 38.2 Å². The second-order valence-corrected chi connectivity index (χ2v) is 3.15. The highest BCUT2D eigenvalue weighted by Crippen LogP contribution is 2.16. The molecule has 0 amide bonds. The Bertz CT molecular complexity index is 91.3. The Morgan fingerprint density at radius 3 is 2.09 bits per heavy atom. The Balaban J connectivity index is 3.38. The molecular formula is C8H18O3. The quantitative estimate of drug-likeness (QED) is 0.492. The van der Waals surface area contributed by atoms with Crippen molar-refractivity contribution in [3.8, 4) is 0 Å². The number of hydrogen-bond acceptors (Lipinski definition) is 3. The van der Waals surface area contributed by atoms with Crippen molar-refractivity contribution >= 4 is 0 Å². The Labute approximate surface area is 67.7 Å². The van der Waals surface area contributed by atoms with Crippen LogP contribution in [-0.2, 0) is 0 Å². The van der Waals surface area contributed by atoms with Gasteiger partial charge in [0.15, 0.2) is 0 Å². The molecule has 0 heterocycles. The SMILES string of the molecule is CC(O)(CCO)CCCCO. The third kappa shape index (κ3) is 6.28. The van der Waals surface area contributed by atoms with Crippen LogP contribution >= 0.6 is 0 Å². The molecule has 0 aliphatic heterocycles. The molecule has 0 saturated carbocycles. The topological polar surface area (TPSA) is 60.7 Å². The third-order valence-electron chi connectivity index (χ3n) is 1.77. The molecule has 0 aliphatic rings. The Kier molecular flexibility index (Phi) is 5.46. The van der Waals surface area contributed by atoms with Crippen LogP contribution in [-0.4, -0.2) is 34.1 Å². The minimum Gasteiger partial charge on any atom is -0.396 e. The van der Waals surface area contributed by atoms with Crippen molar-refractivity contribution in [3.05, 3.63) is 0 Å². The lowest BCUT2D eigenvalue weighted by Crippen LogP contribution is -2.25. The highest BCUT2D eigenvalue weighted by Gasteiger charge is 2.18. The van der Waals surface area contributed by atoms with Gasteiger partial charge in [-0.15, -0.1) is 0 Å². The maximum absolute atomic E-state index is 9.50. The molecule has 0 rings (SSSR count). The van der Waals surface area contributed by atoms with Gasteiger partial charge in [0.25, 0.3) is 0 Å². The summed E-state index contributed by atoms with van der Waals surface area (Å²) in [5, 5.41) is 26.5. The normalized spacial score (nSPS) is 16.4. The second-order valence-electron chi connectivity index (χ2n) is 3.15. The van der Waals surface area contributed by atoms with E-state index in [1.807, 2.05) is 0 Å². The lowest BCUT2D eigenvalue weighted by molar-refractivity contribution is 0.0224. The fourth-order valence-corrected chi connectivity index (χ4v) is 0.983. The summed E-state index contributed by atoms with van der Waals surface area (Å²) in [7, 11) is 0. The molecule has 0 aromatic heterocycles. The van der Waals surface area contributed by atoms with E-state index in [0.717, 1.165) is 12.8 Å². The van der Waals surface area contributed by atoms with E-state index in [2.05, 4.69) is 0 Å². The number of hydrogen-bond donors (Lipinski definition) is 3. The van der Waals surface area contributed by atoms with Gasteiger partial charge in [0.2, 0.25) is 0 Å². The summed E-state index contributed by atoms with van der Waals surface area (Å²) < 4.78 is 0. The molecule has 68 valence electrons. The number of rotatable bonds is 6. The predicted molar refractivity (Wildman–Crippen MR) is 43.3 cm³/mol. The van der Waals surface area contributed by atoms with Crippen molar-refractivity contribution in [3.63, 3.8) is 0 Å². The van der Waals surface area contributed by atoms with Gasteiger partial charge in [-0.05, 0) is 32.6 Å². The molecule has 1 unspecified atom stereocenters. The van der Waals surface area contributed by atoms with Crippen LogP contribution in [0, 0.1) is 0 Å². The molecule has 0 aromatic carbocycles. The highest BCUT2D eigenvalue weighted by atomic mass is 16.3. The second kappa shape index (κ2) is 5.52. The minimum atomic E-state index is -0.760. The summed E-state index contributed by atoms with van der Waals surface area (Å²) in [4.78, 5) is 0. The van der Waals surface area contributed by atoms with Crippen molar-refractivity contribution in [2.24, 2.45) is 0 Å². The van der Waals surface area contributed by atoms with Crippen LogP contribution in [0.4, 0.5) is 0 Å². The lowest BCUT2D eigenvalue weighted by Gasteiger charge is -2.21. The zero-order valence-electron chi connectivity index (χ0n) is 7.08. The van der Waals surface area contributed by atoms with Crippen LogP contribution in [0.1, 0.15) is 32.6 Å². The first-order valence-electron chi connectivity index (χ1n) is 4.06. The van der Waals surface area contributed by atoms with E-state index in [0.29, 0.717) is 12.8 Å². The largest absolute Gasteiger partial charge is 0.396 e. The highest BCUT2D eigenvalue weighted by molar-refractivity contribution is 4.71. The molecule has 0 aliphatic carbocycles. The van der Waals surface area contributed by atoms with Gasteiger partial charge >= 0.3 is 0 Å². The standard InChI is InChI=1S/C8H18O3/c1-8(11,5-7-10)4-2-3-6-9/h9-11H,2-7H2,1H3. The molecule has 11 heavy (non-hydrogen) atoms. The Hall–Kier alpha value is -0.120. The summed E-state index contributed by atoms with van der Waals surface area (Å²) in [6.07, 6.45) is 2.59. The maximum Gasteiger partial charge on any atom is 0.0641 e. The summed E-state index contributed by atoms with van der Waals surface area (Å²) in [6.45, 7) is 1.90. The molecule has 1 atom stereocenters. The van der Waals surface area contributed by atoms with Crippen LogP contribution in [0.2, 0.25) is 0 Å². The minimum absolute atomic E-state index is 0.0200. The first-order valence-corrected chi connectivity index (χ1v) is 4.06. The molecule has 0 fully saturated rings. The average Bonchev–Trinajstić information content (AvgIpc) is 1.87. The first-order chi connectivity index (χ1) is 5.12. The lowest BCUT2D eigenvalue weighted by atomic mass is 9.96. The van der Waals surface area contributed by atoms with E-state index < -0.39 is 5.60 Å². The van der Waals surface area contributed by atoms with Gasteiger partial charge in [-0.25, -0.2) is 0 Å². The van der Waals surface area contributed by atoms with Gasteiger partial charge in [0.05, 0.1) is 5.60 Å². The van der Waals surface area contributed by atoms with E-state index in [-0.39, 0.29) is 13.2 Å². The van der Waals surface area contributed by atoms with Crippen LogP contribution in [0.15, 0.2) is 0 Å². The van der Waals surface area contributed by atoms with E-state index >= 15 is 0 Å². The molecule has 0 spiro atoms. The van der Waals surface area contributed by atoms with Crippen molar-refractivity contribution in [1.29, 1.82) is 0 Å². The number of aliphatic hydroxyl groups is 3.